The van der Waals surface area contributed by atoms with Gasteiger partial charge in [-0.1, -0.05) is 0 Å². The molecule has 0 aliphatic heterocycles. The van der Waals surface area contributed by atoms with Crippen molar-refractivity contribution >= 4 is 66.2 Å². The zero-order chi connectivity index (χ0) is 26.8. The first-order valence-electron chi connectivity index (χ1n) is 10.9. The molecular formula is C26H29Cl2FeN5O2. The number of benzene rings is 2. The van der Waals surface area contributed by atoms with E-state index in [1.54, 1.807) is 23.9 Å². The van der Waals surface area contributed by atoms with Crippen LogP contribution in [-0.4, -0.2) is 42.3 Å². The van der Waals surface area contributed by atoms with Crippen LogP contribution in [-0.2, 0) is 22.7 Å². The number of anilines is 2. The molecule has 1 heterocycles. The summed E-state index contributed by atoms with van der Waals surface area (Å²) >= 11 is 0.194. The van der Waals surface area contributed by atoms with Crippen molar-refractivity contribution in [1.82, 2.24) is 4.98 Å². The number of halogens is 2. The molecular weight excluding hydrogens is 541 g/mol. The Morgan fingerprint density at radius 3 is 1.25 bits per heavy atom. The van der Waals surface area contributed by atoms with Crippen molar-refractivity contribution in [1.29, 1.82) is 0 Å². The first-order valence-corrected chi connectivity index (χ1v) is 14.0. The third-order valence-corrected chi connectivity index (χ3v) is 5.48. The molecule has 0 fully saturated rings. The zero-order valence-corrected chi connectivity index (χ0v) is 23.6. The summed E-state index contributed by atoms with van der Waals surface area (Å²) in [4.78, 5) is 38.9. The Hall–Kier alpha value is -2.90. The van der Waals surface area contributed by atoms with Crippen LogP contribution >= 0.6 is 20.2 Å². The maximum atomic E-state index is 11.5. The van der Waals surface area contributed by atoms with E-state index in [1.807, 2.05) is 74.5 Å². The Morgan fingerprint density at radius 1 is 0.667 bits per heavy atom. The van der Waals surface area contributed by atoms with Gasteiger partial charge in [-0.25, -0.2) is 0 Å². The minimum atomic E-state index is -0.0160. The predicted octanol–water partition coefficient (Wildman–Crippen LogP) is 6.64. The standard InChI is InChI=1S/C26H29N5O2.2ClH.Fe/c1-17(27-21-7-11-23(12-8-21)30(5)19(3)32)25-15-16-26(29-25)18(2)28-22-9-13-24(14-10-22)31(6)20(4)33;;;/h7-16,29H,1-6H3;2*1H;/q;;;+2/p-2. The van der Waals surface area contributed by atoms with E-state index < -0.39 is 0 Å². The Bertz CT molecular complexity index is 1140. The minimum absolute atomic E-state index is 0.0160. The fraction of sp³-hybridized carbons (Fsp3) is 0.231. The summed E-state index contributed by atoms with van der Waals surface area (Å²) in [5.41, 5.74) is 6.78. The summed E-state index contributed by atoms with van der Waals surface area (Å²) in [5, 5.41) is 0. The van der Waals surface area contributed by atoms with E-state index in [0.717, 1.165) is 45.6 Å². The fourth-order valence-electron chi connectivity index (χ4n) is 3.19. The third-order valence-electron chi connectivity index (χ3n) is 5.48. The molecule has 0 unspecified atom stereocenters. The Kier molecular flexibility index (Phi) is 11.4. The molecule has 3 aromatic rings. The molecule has 36 heavy (non-hydrogen) atoms. The molecule has 0 radical (unpaired) electrons. The van der Waals surface area contributed by atoms with Gasteiger partial charge in [0.25, 0.3) is 0 Å². The molecule has 0 aliphatic carbocycles. The number of nitrogens with one attached hydrogen (secondary N) is 1. The molecule has 0 bridgehead atoms. The van der Waals surface area contributed by atoms with Crippen molar-refractivity contribution in [3.63, 3.8) is 0 Å². The second-order valence-electron chi connectivity index (χ2n) is 7.92. The molecule has 7 nitrogen and oxygen atoms in total. The van der Waals surface area contributed by atoms with E-state index in [0.29, 0.717) is 0 Å². The average Bonchev–Trinajstić information content (AvgIpc) is 3.35. The SMILES string of the molecule is CC(=O)N(C)c1ccc(N=C(C)c2ccc(C(C)=Nc3ccc(N(C)C(C)=O)cc3)[nH]2)cc1.[Cl][Fe][Cl]. The normalized spacial score (nSPS) is 11.6. The molecule has 1 aromatic heterocycles. The Balaban J connectivity index is 0.00000145. The quantitative estimate of drug-likeness (QED) is 0.267. The second kappa shape index (κ2) is 14.0. The zero-order valence-electron chi connectivity index (χ0n) is 21.0. The van der Waals surface area contributed by atoms with Crippen LogP contribution in [0.5, 0.6) is 0 Å². The molecule has 2 aromatic carbocycles. The van der Waals surface area contributed by atoms with Gasteiger partial charge >= 0.3 is 33.3 Å². The first kappa shape index (κ1) is 29.3. The summed E-state index contributed by atoms with van der Waals surface area (Å²) in [6, 6.07) is 19.0. The van der Waals surface area contributed by atoms with Crippen LogP contribution in [0.25, 0.3) is 0 Å². The van der Waals surface area contributed by atoms with Crippen molar-refractivity contribution in [2.75, 3.05) is 23.9 Å². The summed E-state index contributed by atoms with van der Waals surface area (Å²) in [6.07, 6.45) is 0. The van der Waals surface area contributed by atoms with Crippen LogP contribution in [0.2, 0.25) is 0 Å². The molecule has 10 heteroatoms. The third kappa shape index (κ3) is 8.35. The van der Waals surface area contributed by atoms with Gasteiger partial charge in [0.2, 0.25) is 11.8 Å². The number of hydrogen-bond acceptors (Lipinski definition) is 4. The van der Waals surface area contributed by atoms with E-state index in [-0.39, 0.29) is 24.9 Å². The van der Waals surface area contributed by atoms with E-state index in [4.69, 9.17) is 20.2 Å². The Labute approximate surface area is 226 Å². The number of nitrogens with zero attached hydrogens (tertiary/aromatic N) is 4. The van der Waals surface area contributed by atoms with Crippen LogP contribution in [0.4, 0.5) is 22.7 Å². The molecule has 192 valence electrons. The topological polar surface area (TPSA) is 81.1 Å². The summed E-state index contributed by atoms with van der Waals surface area (Å²) in [5.74, 6) is -0.0320. The van der Waals surface area contributed by atoms with Crippen LogP contribution in [0, 0.1) is 0 Å². The van der Waals surface area contributed by atoms with E-state index >= 15 is 0 Å². The van der Waals surface area contributed by atoms with Gasteiger partial charge in [-0.2, -0.15) is 0 Å². The molecule has 0 spiro atoms. The van der Waals surface area contributed by atoms with Crippen LogP contribution in [0.3, 0.4) is 0 Å². The number of aliphatic imine (C=N–C) groups is 2. The Morgan fingerprint density at radius 2 is 0.972 bits per heavy atom. The van der Waals surface area contributed by atoms with Crippen molar-refractivity contribution in [3.8, 4) is 0 Å². The van der Waals surface area contributed by atoms with E-state index in [2.05, 4.69) is 15.0 Å². The molecule has 0 saturated carbocycles. The van der Waals surface area contributed by atoms with Gasteiger partial charge in [0.05, 0.1) is 34.2 Å². The van der Waals surface area contributed by atoms with Crippen LogP contribution in [0.15, 0.2) is 70.6 Å². The van der Waals surface area contributed by atoms with Crippen LogP contribution in [0.1, 0.15) is 39.1 Å². The summed E-state index contributed by atoms with van der Waals surface area (Å²) in [7, 11) is 13.0. The van der Waals surface area contributed by atoms with Crippen molar-refractivity contribution in [3.05, 3.63) is 72.1 Å². The number of carbonyl (C=O) groups excluding carboxylic acids is 2. The number of carbonyl (C=O) groups is 2. The van der Waals surface area contributed by atoms with Crippen LogP contribution < -0.4 is 9.80 Å². The average molecular weight is 570 g/mol. The first-order chi connectivity index (χ1) is 17.1. The van der Waals surface area contributed by atoms with Crippen molar-refractivity contribution in [2.24, 2.45) is 9.98 Å². The van der Waals surface area contributed by atoms with E-state index in [9.17, 15) is 9.59 Å². The number of hydrogen-bond donors (Lipinski definition) is 1. The fourth-order valence-corrected chi connectivity index (χ4v) is 3.19. The molecule has 3 rings (SSSR count). The molecule has 0 atom stereocenters. The van der Waals surface area contributed by atoms with Gasteiger partial charge in [0.15, 0.2) is 0 Å². The summed E-state index contributed by atoms with van der Waals surface area (Å²) < 4.78 is 0. The van der Waals surface area contributed by atoms with Gasteiger partial charge in [0.1, 0.15) is 0 Å². The molecule has 2 amide bonds. The monoisotopic (exact) mass is 569 g/mol. The molecule has 0 aliphatic rings. The second-order valence-corrected chi connectivity index (χ2v) is 9.74. The predicted molar refractivity (Wildman–Crippen MR) is 147 cm³/mol. The van der Waals surface area contributed by atoms with E-state index in [1.165, 1.54) is 13.8 Å². The van der Waals surface area contributed by atoms with Crippen molar-refractivity contribution < 1.29 is 22.7 Å². The maximum absolute atomic E-state index is 11.5. The van der Waals surface area contributed by atoms with Crippen molar-refractivity contribution in [2.45, 2.75) is 27.7 Å². The van der Waals surface area contributed by atoms with Gasteiger partial charge < -0.3 is 14.8 Å². The number of rotatable bonds is 6. The number of aromatic nitrogens is 1. The molecule has 0 saturated heterocycles. The van der Waals surface area contributed by atoms with Gasteiger partial charge in [-0.3, -0.25) is 19.6 Å². The van der Waals surface area contributed by atoms with Gasteiger partial charge in [-0.15, -0.1) is 0 Å². The number of aromatic amines is 1. The summed E-state index contributed by atoms with van der Waals surface area (Å²) in [6.45, 7) is 6.96. The number of H-pyrrole nitrogens is 1. The number of amides is 2. The van der Waals surface area contributed by atoms with Gasteiger partial charge in [0, 0.05) is 39.3 Å². The van der Waals surface area contributed by atoms with Gasteiger partial charge in [-0.05, 0) is 74.5 Å². The molecule has 1 N–H and O–H groups in total.